The number of methoxy groups -OCH3 is 1. The normalized spacial score (nSPS) is 16.7. The summed E-state index contributed by atoms with van der Waals surface area (Å²) in [6, 6.07) is 10.4. The van der Waals surface area contributed by atoms with Crippen LogP contribution in [-0.4, -0.2) is 42.4 Å². The van der Waals surface area contributed by atoms with E-state index in [1.165, 1.54) is 11.1 Å². The summed E-state index contributed by atoms with van der Waals surface area (Å²) in [7, 11) is 1.79. The highest BCUT2D eigenvalue weighted by molar-refractivity contribution is 7.17. The number of aryl methyl sites for hydroxylation is 1. The highest BCUT2D eigenvalue weighted by atomic mass is 32.1. The number of nitrogens with one attached hydrogen (secondary N) is 1. The lowest BCUT2D eigenvalue weighted by Crippen LogP contribution is -2.44. The standard InChI is InChI=1S/C20H23N3O2S/c1-14-22-18(21-13-20(24-2)8-10-25-11-9-20)17-16(12-26-19(17)23-14)15-6-4-3-5-7-15/h3-7,12H,8-11,13H2,1-2H3,(H,21,22,23). The summed E-state index contributed by atoms with van der Waals surface area (Å²) >= 11 is 1.66. The van der Waals surface area contributed by atoms with Crippen LogP contribution in [0.5, 0.6) is 0 Å². The molecule has 6 heteroatoms. The number of hydrogen-bond donors (Lipinski definition) is 1. The van der Waals surface area contributed by atoms with Crippen molar-refractivity contribution in [3.05, 3.63) is 41.5 Å². The molecular weight excluding hydrogens is 346 g/mol. The van der Waals surface area contributed by atoms with Gasteiger partial charge in [-0.25, -0.2) is 9.97 Å². The summed E-state index contributed by atoms with van der Waals surface area (Å²) in [5, 5.41) is 6.82. The van der Waals surface area contributed by atoms with E-state index in [1.807, 2.05) is 13.0 Å². The summed E-state index contributed by atoms with van der Waals surface area (Å²) < 4.78 is 11.4. The maximum atomic E-state index is 5.86. The first kappa shape index (κ1) is 17.4. The topological polar surface area (TPSA) is 56.3 Å². The van der Waals surface area contributed by atoms with E-state index < -0.39 is 0 Å². The van der Waals surface area contributed by atoms with Crippen molar-refractivity contribution < 1.29 is 9.47 Å². The van der Waals surface area contributed by atoms with Crippen LogP contribution in [0.15, 0.2) is 35.7 Å². The Morgan fingerprint density at radius 1 is 1.19 bits per heavy atom. The lowest BCUT2D eigenvalue weighted by molar-refractivity contribution is -0.0807. The largest absolute Gasteiger partial charge is 0.381 e. The molecule has 0 saturated carbocycles. The van der Waals surface area contributed by atoms with Gasteiger partial charge in [-0.3, -0.25) is 0 Å². The number of rotatable bonds is 5. The molecule has 1 fully saturated rings. The van der Waals surface area contributed by atoms with Gasteiger partial charge in [-0.1, -0.05) is 30.3 Å². The molecule has 1 saturated heterocycles. The van der Waals surface area contributed by atoms with E-state index in [-0.39, 0.29) is 5.60 Å². The van der Waals surface area contributed by atoms with Gasteiger partial charge >= 0.3 is 0 Å². The summed E-state index contributed by atoms with van der Waals surface area (Å²) in [5.74, 6) is 1.66. The Balaban J connectivity index is 1.71. The van der Waals surface area contributed by atoms with Crippen LogP contribution in [0.3, 0.4) is 0 Å². The van der Waals surface area contributed by atoms with Crippen molar-refractivity contribution in [2.75, 3.05) is 32.2 Å². The zero-order valence-corrected chi connectivity index (χ0v) is 15.9. The summed E-state index contributed by atoms with van der Waals surface area (Å²) in [4.78, 5) is 10.3. The molecule has 1 aliphatic heterocycles. The van der Waals surface area contributed by atoms with Gasteiger partial charge in [0.2, 0.25) is 0 Å². The SMILES string of the molecule is COC1(CNc2nc(C)nc3scc(-c4ccccc4)c23)CCOCC1. The van der Waals surface area contributed by atoms with Gasteiger partial charge in [0, 0.05) is 50.7 Å². The minimum Gasteiger partial charge on any atom is -0.381 e. The van der Waals surface area contributed by atoms with E-state index in [9.17, 15) is 0 Å². The fourth-order valence-corrected chi connectivity index (χ4v) is 4.44. The lowest BCUT2D eigenvalue weighted by Gasteiger charge is -2.36. The Morgan fingerprint density at radius 3 is 2.69 bits per heavy atom. The summed E-state index contributed by atoms with van der Waals surface area (Å²) in [5.41, 5.74) is 2.15. The Hall–Kier alpha value is -2.02. The Labute approximate surface area is 157 Å². The number of anilines is 1. The predicted molar refractivity (Wildman–Crippen MR) is 106 cm³/mol. The summed E-state index contributed by atoms with van der Waals surface area (Å²) in [6.07, 6.45) is 1.78. The predicted octanol–water partition coefficient (Wildman–Crippen LogP) is 4.27. The van der Waals surface area contributed by atoms with E-state index in [2.05, 4.69) is 39.9 Å². The molecule has 0 unspecified atom stereocenters. The number of benzene rings is 1. The highest BCUT2D eigenvalue weighted by Gasteiger charge is 2.32. The van der Waals surface area contributed by atoms with E-state index in [4.69, 9.17) is 14.5 Å². The van der Waals surface area contributed by atoms with Crippen molar-refractivity contribution in [1.29, 1.82) is 0 Å². The van der Waals surface area contributed by atoms with Gasteiger partial charge in [0.15, 0.2) is 0 Å². The van der Waals surface area contributed by atoms with E-state index in [1.54, 1.807) is 18.4 Å². The maximum Gasteiger partial charge on any atom is 0.139 e. The van der Waals surface area contributed by atoms with Crippen LogP contribution in [0.1, 0.15) is 18.7 Å². The van der Waals surface area contributed by atoms with Crippen molar-refractivity contribution in [1.82, 2.24) is 9.97 Å². The van der Waals surface area contributed by atoms with Gasteiger partial charge in [-0.15, -0.1) is 11.3 Å². The Morgan fingerprint density at radius 2 is 1.96 bits per heavy atom. The molecule has 0 aliphatic carbocycles. The molecule has 0 atom stereocenters. The molecule has 0 amide bonds. The molecule has 2 aromatic heterocycles. The van der Waals surface area contributed by atoms with Crippen molar-refractivity contribution in [3.63, 3.8) is 0 Å². The number of aromatic nitrogens is 2. The van der Waals surface area contributed by atoms with Crippen molar-refractivity contribution in [2.24, 2.45) is 0 Å². The average Bonchev–Trinajstić information content (AvgIpc) is 3.11. The fourth-order valence-electron chi connectivity index (χ4n) is 3.45. The molecule has 3 aromatic rings. The van der Waals surface area contributed by atoms with Crippen LogP contribution in [0.25, 0.3) is 21.3 Å². The Bertz CT molecular complexity index is 889. The Kier molecular flexibility index (Phi) is 4.89. The van der Waals surface area contributed by atoms with Crippen LogP contribution < -0.4 is 5.32 Å². The number of nitrogens with zero attached hydrogens (tertiary/aromatic N) is 2. The molecule has 26 heavy (non-hydrogen) atoms. The quantitative estimate of drug-likeness (QED) is 0.728. The van der Waals surface area contributed by atoms with Gasteiger partial charge in [-0.05, 0) is 12.5 Å². The fraction of sp³-hybridized carbons (Fsp3) is 0.400. The first-order valence-corrected chi connectivity index (χ1v) is 9.77. The van der Waals surface area contributed by atoms with Crippen molar-refractivity contribution in [3.8, 4) is 11.1 Å². The van der Waals surface area contributed by atoms with Gasteiger partial charge < -0.3 is 14.8 Å². The second kappa shape index (κ2) is 7.31. The first-order valence-electron chi connectivity index (χ1n) is 8.89. The van der Waals surface area contributed by atoms with Gasteiger partial charge in [0.05, 0.1) is 11.0 Å². The van der Waals surface area contributed by atoms with Crippen LogP contribution in [-0.2, 0) is 9.47 Å². The molecule has 1 aromatic carbocycles. The molecule has 5 nitrogen and oxygen atoms in total. The number of fused-ring (bicyclic) bond motifs is 1. The van der Waals surface area contributed by atoms with Crippen molar-refractivity contribution in [2.45, 2.75) is 25.4 Å². The zero-order chi connectivity index (χ0) is 18.0. The van der Waals surface area contributed by atoms with E-state index in [0.717, 1.165) is 47.9 Å². The first-order chi connectivity index (χ1) is 12.7. The molecular formula is C20H23N3O2S. The molecule has 4 rings (SSSR count). The molecule has 0 spiro atoms. The van der Waals surface area contributed by atoms with Gasteiger partial charge in [0.25, 0.3) is 0 Å². The van der Waals surface area contributed by atoms with E-state index in [0.29, 0.717) is 6.54 Å². The maximum absolute atomic E-state index is 5.86. The second-order valence-electron chi connectivity index (χ2n) is 6.67. The molecule has 1 aliphatic rings. The minimum absolute atomic E-state index is 0.202. The summed E-state index contributed by atoms with van der Waals surface area (Å²) in [6.45, 7) is 4.12. The average molecular weight is 369 g/mol. The number of ether oxygens (including phenoxy) is 2. The monoisotopic (exact) mass is 369 g/mol. The van der Waals surface area contributed by atoms with Crippen LogP contribution in [0, 0.1) is 6.92 Å². The molecule has 3 heterocycles. The van der Waals surface area contributed by atoms with Gasteiger partial charge in [-0.2, -0.15) is 0 Å². The third-order valence-electron chi connectivity index (χ3n) is 5.05. The molecule has 0 bridgehead atoms. The second-order valence-corrected chi connectivity index (χ2v) is 7.53. The third-order valence-corrected chi connectivity index (χ3v) is 5.92. The molecule has 0 radical (unpaired) electrons. The molecule has 136 valence electrons. The lowest BCUT2D eigenvalue weighted by atomic mass is 9.94. The van der Waals surface area contributed by atoms with Gasteiger partial charge in [0.1, 0.15) is 16.5 Å². The van der Waals surface area contributed by atoms with E-state index >= 15 is 0 Å². The molecule has 1 N–H and O–H groups in total. The zero-order valence-electron chi connectivity index (χ0n) is 15.1. The third kappa shape index (κ3) is 3.32. The number of thiophene rings is 1. The highest BCUT2D eigenvalue weighted by Crippen LogP contribution is 2.37. The minimum atomic E-state index is -0.202. The smallest absolute Gasteiger partial charge is 0.139 e. The van der Waals surface area contributed by atoms with Crippen LogP contribution in [0.2, 0.25) is 0 Å². The van der Waals surface area contributed by atoms with Crippen LogP contribution in [0.4, 0.5) is 5.82 Å². The number of hydrogen-bond acceptors (Lipinski definition) is 6. The van der Waals surface area contributed by atoms with Crippen LogP contribution >= 0.6 is 11.3 Å². The van der Waals surface area contributed by atoms with Crippen molar-refractivity contribution >= 4 is 27.4 Å².